The monoisotopic (exact) mass is 422 g/mol. The summed E-state index contributed by atoms with van der Waals surface area (Å²) in [6, 6.07) is 16.2. The van der Waals surface area contributed by atoms with Gasteiger partial charge in [0.25, 0.3) is 0 Å². The Morgan fingerprint density at radius 2 is 1.61 bits per heavy atom. The highest BCUT2D eigenvalue weighted by Gasteiger charge is 2.45. The molecular weight excluding hydrogens is 400 g/mol. The minimum absolute atomic E-state index is 0.228. The molecule has 0 radical (unpaired) electrons. The highest BCUT2D eigenvalue weighted by Crippen LogP contribution is 2.24. The summed E-state index contributed by atoms with van der Waals surface area (Å²) in [7, 11) is 0. The molecule has 0 aliphatic carbocycles. The molecule has 31 heavy (non-hydrogen) atoms. The van der Waals surface area contributed by atoms with Gasteiger partial charge in [-0.25, -0.2) is 0 Å². The lowest BCUT2D eigenvalue weighted by Gasteiger charge is -2.40. The van der Waals surface area contributed by atoms with Gasteiger partial charge in [-0.1, -0.05) is 24.3 Å². The zero-order valence-electron chi connectivity index (χ0n) is 16.9. The van der Waals surface area contributed by atoms with Crippen LogP contribution in [0.2, 0.25) is 0 Å². The molecule has 2 aliphatic heterocycles. The number of rotatable bonds is 5. The highest BCUT2D eigenvalue weighted by molar-refractivity contribution is 6.35. The van der Waals surface area contributed by atoms with Crippen LogP contribution in [0.5, 0.6) is 0 Å². The van der Waals surface area contributed by atoms with Crippen molar-refractivity contribution in [3.8, 4) is 0 Å². The van der Waals surface area contributed by atoms with E-state index in [1.54, 1.807) is 24.3 Å². The second-order valence-electron chi connectivity index (χ2n) is 7.23. The first-order chi connectivity index (χ1) is 14.9. The van der Waals surface area contributed by atoms with Crippen molar-refractivity contribution < 1.29 is 19.2 Å². The fourth-order valence-electron chi connectivity index (χ4n) is 3.65. The summed E-state index contributed by atoms with van der Waals surface area (Å²) in [5.74, 6) is -2.14. The van der Waals surface area contributed by atoms with Gasteiger partial charge in [-0.15, -0.1) is 0 Å². The first kappa shape index (κ1) is 20.4. The number of amides is 4. The fraction of sp³-hybridized carbons (Fsp3) is 0.238. The minimum atomic E-state index is -0.784. The zero-order valence-corrected chi connectivity index (χ0v) is 16.9. The molecule has 4 amide bonds. The van der Waals surface area contributed by atoms with Crippen molar-refractivity contribution in [2.75, 3.05) is 35.2 Å². The maximum Gasteiger partial charge on any atom is 0.326 e. The van der Waals surface area contributed by atoms with Crippen LogP contribution in [0.3, 0.4) is 0 Å². The third kappa shape index (κ3) is 4.33. The third-order valence-electron chi connectivity index (χ3n) is 4.99. The molecule has 0 saturated carbocycles. The number of fused-ring (bicyclic) bond motifs is 1. The van der Waals surface area contributed by atoms with Gasteiger partial charge >= 0.3 is 11.8 Å². The number of nitrogens with one attached hydrogen (secondary N) is 3. The van der Waals surface area contributed by atoms with Gasteiger partial charge in [-0.2, -0.15) is 5.43 Å². The number of carbonyl (C=O) groups excluding carboxylic acids is 4. The SMILES string of the molecule is CC(=O)Nc1cccc(NC(=O)CN2NC3N(CCN3c3ccccc3)C(=O)C2=O)c1. The second-order valence-corrected chi connectivity index (χ2v) is 7.23. The van der Waals surface area contributed by atoms with Gasteiger partial charge in [0.2, 0.25) is 11.8 Å². The molecule has 10 nitrogen and oxygen atoms in total. The number of hydrogen-bond donors (Lipinski definition) is 3. The molecule has 10 heteroatoms. The fourth-order valence-corrected chi connectivity index (χ4v) is 3.65. The minimum Gasteiger partial charge on any atom is -0.336 e. The third-order valence-corrected chi connectivity index (χ3v) is 4.99. The molecular formula is C21H22N6O4. The number of nitrogens with zero attached hydrogens (tertiary/aromatic N) is 3. The Balaban J connectivity index is 1.44. The van der Waals surface area contributed by atoms with E-state index in [1.165, 1.54) is 11.8 Å². The quantitative estimate of drug-likeness (QED) is 0.607. The van der Waals surface area contributed by atoms with Crippen molar-refractivity contribution in [2.45, 2.75) is 13.2 Å². The van der Waals surface area contributed by atoms with Crippen LogP contribution in [0.1, 0.15) is 6.92 Å². The molecule has 0 spiro atoms. The van der Waals surface area contributed by atoms with Crippen molar-refractivity contribution in [3.63, 3.8) is 0 Å². The first-order valence-corrected chi connectivity index (χ1v) is 9.80. The van der Waals surface area contributed by atoms with Crippen LogP contribution in [0, 0.1) is 0 Å². The van der Waals surface area contributed by atoms with Crippen molar-refractivity contribution in [2.24, 2.45) is 0 Å². The summed E-state index contributed by atoms with van der Waals surface area (Å²) in [5, 5.41) is 6.35. The van der Waals surface area contributed by atoms with Gasteiger partial charge < -0.3 is 15.5 Å². The Morgan fingerprint density at radius 1 is 0.935 bits per heavy atom. The molecule has 1 atom stereocenters. The summed E-state index contributed by atoms with van der Waals surface area (Å²) in [6.07, 6.45) is -0.552. The van der Waals surface area contributed by atoms with E-state index >= 15 is 0 Å². The zero-order chi connectivity index (χ0) is 22.0. The normalized spacial score (nSPS) is 18.1. The van der Waals surface area contributed by atoms with Crippen LogP contribution < -0.4 is 21.0 Å². The number of carbonyl (C=O) groups is 4. The second kappa shape index (κ2) is 8.44. The number of anilines is 3. The summed E-state index contributed by atoms with van der Waals surface area (Å²) >= 11 is 0. The molecule has 3 N–H and O–H groups in total. The molecule has 4 rings (SSSR count). The summed E-state index contributed by atoms with van der Waals surface area (Å²) in [6.45, 7) is 2.02. The molecule has 2 aromatic rings. The Hall–Kier alpha value is -3.92. The average molecular weight is 422 g/mol. The number of hydrazine groups is 1. The molecule has 2 fully saturated rings. The van der Waals surface area contributed by atoms with E-state index in [4.69, 9.17) is 0 Å². The topological polar surface area (TPSA) is 114 Å². The van der Waals surface area contributed by atoms with Crippen LogP contribution >= 0.6 is 0 Å². The van der Waals surface area contributed by atoms with Gasteiger partial charge in [0, 0.05) is 37.1 Å². The maximum atomic E-state index is 12.6. The Labute approximate surface area is 178 Å². The Morgan fingerprint density at radius 3 is 2.32 bits per heavy atom. The van der Waals surface area contributed by atoms with Gasteiger partial charge in [0.1, 0.15) is 6.54 Å². The van der Waals surface area contributed by atoms with Gasteiger partial charge in [0.05, 0.1) is 0 Å². The van der Waals surface area contributed by atoms with Crippen LogP contribution in [0.15, 0.2) is 54.6 Å². The molecule has 2 aliphatic rings. The van der Waals surface area contributed by atoms with E-state index in [2.05, 4.69) is 16.1 Å². The molecule has 0 bridgehead atoms. The highest BCUT2D eigenvalue weighted by atomic mass is 16.2. The van der Waals surface area contributed by atoms with E-state index in [1.807, 2.05) is 35.2 Å². The number of hydrogen-bond acceptors (Lipinski definition) is 6. The Kier molecular flexibility index (Phi) is 5.54. The standard InChI is InChI=1S/C21H22N6O4/c1-14(28)22-15-6-5-7-16(12-15)23-18(29)13-27-20(31)19(30)26-11-10-25(21(26)24-27)17-8-3-2-4-9-17/h2-9,12,21,24H,10-11,13H2,1H3,(H,22,28)(H,23,29). The van der Waals surface area contributed by atoms with Crippen molar-refractivity contribution in [1.82, 2.24) is 15.3 Å². The average Bonchev–Trinajstić information content (AvgIpc) is 3.16. The van der Waals surface area contributed by atoms with Crippen molar-refractivity contribution >= 4 is 40.7 Å². The molecule has 2 saturated heterocycles. The molecule has 0 aromatic heterocycles. The van der Waals surface area contributed by atoms with Crippen LogP contribution in [-0.2, 0) is 19.2 Å². The summed E-state index contributed by atoms with van der Waals surface area (Å²) < 4.78 is 0. The smallest absolute Gasteiger partial charge is 0.326 e. The van der Waals surface area contributed by atoms with E-state index in [0.29, 0.717) is 24.5 Å². The lowest BCUT2D eigenvalue weighted by Crippen LogP contribution is -2.68. The van der Waals surface area contributed by atoms with Gasteiger partial charge in [-0.05, 0) is 30.3 Å². The van der Waals surface area contributed by atoms with Crippen molar-refractivity contribution in [1.29, 1.82) is 0 Å². The van der Waals surface area contributed by atoms with Gasteiger partial charge in [-0.3, -0.25) is 29.1 Å². The predicted octanol–water partition coefficient (Wildman–Crippen LogP) is 0.563. The lowest BCUT2D eigenvalue weighted by molar-refractivity contribution is -0.163. The largest absolute Gasteiger partial charge is 0.336 e. The lowest BCUT2D eigenvalue weighted by atomic mass is 10.2. The van der Waals surface area contributed by atoms with E-state index in [9.17, 15) is 19.2 Å². The predicted molar refractivity (Wildman–Crippen MR) is 114 cm³/mol. The maximum absolute atomic E-state index is 12.6. The molecule has 2 heterocycles. The van der Waals surface area contributed by atoms with E-state index < -0.39 is 24.0 Å². The molecule has 1 unspecified atom stereocenters. The van der Waals surface area contributed by atoms with Gasteiger partial charge in [0.15, 0.2) is 6.29 Å². The molecule has 2 aromatic carbocycles. The van der Waals surface area contributed by atoms with E-state index in [0.717, 1.165) is 10.7 Å². The van der Waals surface area contributed by atoms with Crippen LogP contribution in [-0.4, -0.2) is 59.5 Å². The molecule has 160 valence electrons. The van der Waals surface area contributed by atoms with E-state index in [-0.39, 0.29) is 12.5 Å². The van der Waals surface area contributed by atoms with Crippen LogP contribution in [0.25, 0.3) is 0 Å². The van der Waals surface area contributed by atoms with Crippen LogP contribution in [0.4, 0.5) is 17.1 Å². The number of benzene rings is 2. The number of para-hydroxylation sites is 1. The summed E-state index contributed by atoms with van der Waals surface area (Å²) in [5.41, 5.74) is 4.90. The Bertz CT molecular complexity index is 1030. The first-order valence-electron chi connectivity index (χ1n) is 9.80. The summed E-state index contributed by atoms with van der Waals surface area (Å²) in [4.78, 5) is 52.2. The van der Waals surface area contributed by atoms with Crippen molar-refractivity contribution in [3.05, 3.63) is 54.6 Å².